The van der Waals surface area contributed by atoms with Gasteiger partial charge in [-0.15, -0.1) is 5.10 Å². The first-order valence-electron chi connectivity index (χ1n) is 3.79. The third kappa shape index (κ3) is 1.05. The van der Waals surface area contributed by atoms with Crippen molar-refractivity contribution in [2.45, 2.75) is 18.3 Å². The minimum Gasteiger partial charge on any atom is -0.358 e. The molecule has 0 unspecified atom stereocenters. The van der Waals surface area contributed by atoms with Crippen LogP contribution in [0.15, 0.2) is 6.07 Å². The van der Waals surface area contributed by atoms with Crippen molar-refractivity contribution < 1.29 is 4.92 Å². The lowest BCUT2D eigenvalue weighted by molar-refractivity contribution is -0.389. The molecule has 1 aliphatic carbocycles. The summed E-state index contributed by atoms with van der Waals surface area (Å²) < 4.78 is 0. The molecule has 66 valence electrons. The second kappa shape index (κ2) is 2.29. The van der Waals surface area contributed by atoms with Crippen LogP contribution in [0.2, 0.25) is 0 Å². The molecule has 1 aromatic heterocycles. The van der Waals surface area contributed by atoms with E-state index in [0.717, 1.165) is 12.8 Å². The first-order chi connectivity index (χ1) is 6.18. The normalized spacial score (nSPS) is 17.8. The maximum absolute atomic E-state index is 10.3. The van der Waals surface area contributed by atoms with Crippen LogP contribution in [0.4, 0.5) is 5.82 Å². The lowest BCUT2D eigenvalue weighted by atomic mass is 10.1. The van der Waals surface area contributed by atoms with Gasteiger partial charge in [-0.3, -0.25) is 0 Å². The van der Waals surface area contributed by atoms with Gasteiger partial charge in [-0.05, 0) is 17.8 Å². The number of hydrogen-bond acceptors (Lipinski definition) is 4. The molecule has 13 heavy (non-hydrogen) atoms. The molecule has 0 saturated heterocycles. The molecule has 0 spiro atoms. The quantitative estimate of drug-likeness (QED) is 0.536. The SMILES string of the molecule is N#CC1(c2cc([N+](=O)[O-])[nH]n2)CC1. The Morgan fingerprint density at radius 2 is 2.46 bits per heavy atom. The highest BCUT2D eigenvalue weighted by atomic mass is 16.6. The topological polar surface area (TPSA) is 95.6 Å². The van der Waals surface area contributed by atoms with E-state index in [1.165, 1.54) is 6.07 Å². The number of H-pyrrole nitrogens is 1. The van der Waals surface area contributed by atoms with Gasteiger partial charge in [-0.2, -0.15) is 5.26 Å². The summed E-state index contributed by atoms with van der Waals surface area (Å²) in [5.74, 6) is -0.156. The van der Waals surface area contributed by atoms with Crippen molar-refractivity contribution >= 4 is 5.82 Å². The Kier molecular flexibility index (Phi) is 1.36. The Balaban J connectivity index is 2.34. The van der Waals surface area contributed by atoms with E-state index in [-0.39, 0.29) is 5.82 Å². The van der Waals surface area contributed by atoms with Crippen LogP contribution in [0.3, 0.4) is 0 Å². The van der Waals surface area contributed by atoms with Gasteiger partial charge < -0.3 is 10.1 Å². The van der Waals surface area contributed by atoms with Crippen molar-refractivity contribution in [2.24, 2.45) is 0 Å². The predicted octanol–water partition coefficient (Wildman–Crippen LogP) is 0.873. The Morgan fingerprint density at radius 3 is 2.85 bits per heavy atom. The Bertz CT molecular complexity index is 399. The zero-order valence-electron chi connectivity index (χ0n) is 6.65. The largest absolute Gasteiger partial charge is 0.358 e. The smallest absolute Gasteiger partial charge is 0.342 e. The maximum Gasteiger partial charge on any atom is 0.342 e. The standard InChI is InChI=1S/C7H6N4O2/c8-4-7(1-2-7)5-3-6(10-9-5)11(12)13/h3H,1-2H2,(H,9,10). The van der Waals surface area contributed by atoms with Crippen LogP contribution in [-0.2, 0) is 5.41 Å². The summed E-state index contributed by atoms with van der Waals surface area (Å²) in [4.78, 5) is 9.75. The minimum absolute atomic E-state index is 0.156. The lowest BCUT2D eigenvalue weighted by Gasteiger charge is -1.94. The summed E-state index contributed by atoms with van der Waals surface area (Å²) >= 11 is 0. The van der Waals surface area contributed by atoms with Gasteiger partial charge in [0.15, 0.2) is 0 Å². The van der Waals surface area contributed by atoms with Crippen molar-refractivity contribution in [1.29, 1.82) is 5.26 Å². The molecule has 0 aromatic carbocycles. The van der Waals surface area contributed by atoms with Crippen molar-refractivity contribution in [3.05, 3.63) is 21.9 Å². The van der Waals surface area contributed by atoms with Crippen LogP contribution in [0, 0.1) is 21.4 Å². The number of hydrogen-bond donors (Lipinski definition) is 1. The van der Waals surface area contributed by atoms with E-state index in [1.807, 2.05) is 0 Å². The Morgan fingerprint density at radius 1 is 1.77 bits per heavy atom. The van der Waals surface area contributed by atoms with Gasteiger partial charge in [0, 0.05) is 0 Å². The number of aromatic amines is 1. The molecule has 1 heterocycles. The molecule has 0 bridgehead atoms. The first kappa shape index (κ1) is 7.73. The van der Waals surface area contributed by atoms with E-state index in [2.05, 4.69) is 16.3 Å². The summed E-state index contributed by atoms with van der Waals surface area (Å²) in [6.07, 6.45) is 1.48. The summed E-state index contributed by atoms with van der Waals surface area (Å²) in [7, 11) is 0. The number of rotatable bonds is 2. The number of nitrogens with zero attached hydrogens (tertiary/aromatic N) is 3. The van der Waals surface area contributed by atoms with Crippen molar-refractivity contribution in [3.8, 4) is 6.07 Å². The fourth-order valence-corrected chi connectivity index (χ4v) is 1.20. The monoisotopic (exact) mass is 178 g/mol. The van der Waals surface area contributed by atoms with E-state index in [9.17, 15) is 10.1 Å². The third-order valence-corrected chi connectivity index (χ3v) is 2.22. The minimum atomic E-state index is -0.552. The number of nitriles is 1. The fraction of sp³-hybridized carbons (Fsp3) is 0.429. The lowest BCUT2D eigenvalue weighted by Crippen LogP contribution is -2.02. The van der Waals surface area contributed by atoms with Crippen LogP contribution in [-0.4, -0.2) is 15.1 Å². The third-order valence-electron chi connectivity index (χ3n) is 2.22. The van der Waals surface area contributed by atoms with Gasteiger partial charge in [0.1, 0.15) is 11.1 Å². The van der Waals surface area contributed by atoms with Crippen LogP contribution in [0.5, 0.6) is 0 Å². The van der Waals surface area contributed by atoms with E-state index in [1.54, 1.807) is 0 Å². The maximum atomic E-state index is 10.3. The zero-order valence-corrected chi connectivity index (χ0v) is 6.65. The van der Waals surface area contributed by atoms with Crippen LogP contribution >= 0.6 is 0 Å². The number of nitro groups is 1. The van der Waals surface area contributed by atoms with Gasteiger partial charge in [-0.1, -0.05) is 5.10 Å². The fourth-order valence-electron chi connectivity index (χ4n) is 1.20. The van der Waals surface area contributed by atoms with E-state index in [0.29, 0.717) is 5.69 Å². The molecule has 0 aliphatic heterocycles. The Hall–Kier alpha value is -1.90. The molecule has 6 nitrogen and oxygen atoms in total. The van der Waals surface area contributed by atoms with E-state index >= 15 is 0 Å². The highest BCUT2D eigenvalue weighted by Gasteiger charge is 2.48. The molecule has 2 rings (SSSR count). The average molecular weight is 178 g/mol. The summed E-state index contributed by atoms with van der Waals surface area (Å²) in [5, 5.41) is 25.1. The first-order valence-corrected chi connectivity index (χ1v) is 3.79. The molecule has 1 fully saturated rings. The van der Waals surface area contributed by atoms with Crippen LogP contribution < -0.4 is 0 Å². The highest BCUT2D eigenvalue weighted by molar-refractivity contribution is 5.37. The van der Waals surface area contributed by atoms with E-state index < -0.39 is 10.3 Å². The predicted molar refractivity (Wildman–Crippen MR) is 41.8 cm³/mol. The summed E-state index contributed by atoms with van der Waals surface area (Å²) in [6, 6.07) is 3.45. The summed E-state index contributed by atoms with van der Waals surface area (Å²) in [5.41, 5.74) is -0.0631. The van der Waals surface area contributed by atoms with Gasteiger partial charge >= 0.3 is 5.82 Å². The highest BCUT2D eigenvalue weighted by Crippen LogP contribution is 2.47. The molecule has 1 aromatic rings. The molecule has 0 amide bonds. The molecule has 1 N–H and O–H groups in total. The van der Waals surface area contributed by atoms with E-state index in [4.69, 9.17) is 5.26 Å². The van der Waals surface area contributed by atoms with Crippen molar-refractivity contribution in [2.75, 3.05) is 0 Å². The van der Waals surface area contributed by atoms with Crippen molar-refractivity contribution in [3.63, 3.8) is 0 Å². The second-order valence-electron chi connectivity index (χ2n) is 3.09. The molecule has 6 heteroatoms. The zero-order chi connectivity index (χ0) is 9.47. The number of aromatic nitrogens is 2. The van der Waals surface area contributed by atoms with Crippen LogP contribution in [0.25, 0.3) is 0 Å². The number of nitrogens with one attached hydrogen (secondary N) is 1. The van der Waals surface area contributed by atoms with Gasteiger partial charge in [0.2, 0.25) is 0 Å². The molecule has 0 radical (unpaired) electrons. The van der Waals surface area contributed by atoms with Crippen molar-refractivity contribution in [1.82, 2.24) is 10.2 Å². The molecular weight excluding hydrogens is 172 g/mol. The molecule has 1 aliphatic rings. The molecule has 0 atom stereocenters. The summed E-state index contributed by atoms with van der Waals surface area (Å²) in [6.45, 7) is 0. The van der Waals surface area contributed by atoms with Gasteiger partial charge in [0.05, 0.1) is 12.1 Å². The van der Waals surface area contributed by atoms with Gasteiger partial charge in [0.25, 0.3) is 0 Å². The molecule has 1 saturated carbocycles. The second-order valence-corrected chi connectivity index (χ2v) is 3.09. The average Bonchev–Trinajstić information content (AvgIpc) is 2.75. The Labute approximate surface area is 73.3 Å². The van der Waals surface area contributed by atoms with Gasteiger partial charge in [-0.25, -0.2) is 0 Å². The molecular formula is C7H6N4O2. The van der Waals surface area contributed by atoms with Crippen LogP contribution in [0.1, 0.15) is 18.5 Å².